The van der Waals surface area contributed by atoms with E-state index in [9.17, 15) is 0 Å². The van der Waals surface area contributed by atoms with E-state index in [-0.39, 0.29) is 0 Å². The van der Waals surface area contributed by atoms with Crippen molar-refractivity contribution in [2.75, 3.05) is 0 Å². The van der Waals surface area contributed by atoms with Gasteiger partial charge < -0.3 is 9.72 Å². The van der Waals surface area contributed by atoms with Crippen molar-refractivity contribution in [1.29, 1.82) is 0 Å². The molecule has 0 radical (unpaired) electrons. The molecule has 0 bridgehead atoms. The largest absolute Gasteiger partial charge is 0.471 e. The highest BCUT2D eigenvalue weighted by Crippen LogP contribution is 2.21. The molecular weight excluding hydrogens is 408 g/mol. The second-order valence-corrected chi connectivity index (χ2v) is 7.72. The highest BCUT2D eigenvalue weighted by atomic mass is 16.5. The van der Waals surface area contributed by atoms with Crippen LogP contribution >= 0.6 is 0 Å². The molecule has 3 aromatic heterocycles. The van der Waals surface area contributed by atoms with Gasteiger partial charge in [-0.25, -0.2) is 15.0 Å². The molecule has 0 amide bonds. The van der Waals surface area contributed by atoms with Crippen molar-refractivity contribution in [2.45, 2.75) is 6.61 Å². The number of H-pyrrole nitrogens is 1. The van der Waals surface area contributed by atoms with E-state index in [0.717, 1.165) is 27.4 Å². The highest BCUT2D eigenvalue weighted by Gasteiger charge is 2.10. The summed E-state index contributed by atoms with van der Waals surface area (Å²) < 4.78 is 6.10. The number of aromatic amines is 1. The SMILES string of the molecule is C(#Cc1nc2ncccc2nc1OCc1ccc2[nH]ccc2c1)c1ccc2ccccc2c1. The van der Waals surface area contributed by atoms with Crippen molar-refractivity contribution in [3.05, 3.63) is 108 Å². The number of pyridine rings is 1. The first kappa shape index (κ1) is 19.0. The minimum atomic E-state index is 0.367. The fraction of sp³-hybridized carbons (Fsp3) is 0.0357. The van der Waals surface area contributed by atoms with Crippen molar-refractivity contribution in [2.24, 2.45) is 0 Å². The van der Waals surface area contributed by atoms with Gasteiger partial charge >= 0.3 is 0 Å². The first-order chi connectivity index (χ1) is 16.3. The molecule has 0 fully saturated rings. The van der Waals surface area contributed by atoms with Crippen molar-refractivity contribution < 1.29 is 4.74 Å². The fourth-order valence-electron chi connectivity index (χ4n) is 3.80. The number of rotatable bonds is 3. The molecule has 6 aromatic rings. The quantitative estimate of drug-likeness (QED) is 0.372. The van der Waals surface area contributed by atoms with Gasteiger partial charge in [0.1, 0.15) is 12.1 Å². The normalized spacial score (nSPS) is 10.9. The maximum Gasteiger partial charge on any atom is 0.250 e. The van der Waals surface area contributed by atoms with Crippen LogP contribution in [-0.2, 0) is 6.61 Å². The number of nitrogens with one attached hydrogen (secondary N) is 1. The Morgan fingerprint density at radius 2 is 1.73 bits per heavy atom. The Morgan fingerprint density at radius 3 is 2.70 bits per heavy atom. The molecule has 0 aliphatic heterocycles. The van der Waals surface area contributed by atoms with Gasteiger partial charge in [0.15, 0.2) is 11.3 Å². The Labute approximate surface area is 190 Å². The zero-order valence-electron chi connectivity index (χ0n) is 17.6. The Kier molecular flexibility index (Phi) is 4.67. The van der Waals surface area contributed by atoms with Crippen LogP contribution in [0.1, 0.15) is 16.8 Å². The smallest absolute Gasteiger partial charge is 0.250 e. The van der Waals surface area contributed by atoms with E-state index in [0.29, 0.717) is 29.3 Å². The van der Waals surface area contributed by atoms with E-state index in [1.54, 1.807) is 6.20 Å². The summed E-state index contributed by atoms with van der Waals surface area (Å²) in [4.78, 5) is 16.8. The number of benzene rings is 3. The molecule has 33 heavy (non-hydrogen) atoms. The summed E-state index contributed by atoms with van der Waals surface area (Å²) >= 11 is 0. The third kappa shape index (κ3) is 3.86. The number of fused-ring (bicyclic) bond motifs is 3. The number of hydrogen-bond donors (Lipinski definition) is 1. The molecule has 0 atom stereocenters. The zero-order valence-corrected chi connectivity index (χ0v) is 17.6. The number of aromatic nitrogens is 4. The van der Waals surface area contributed by atoms with Gasteiger partial charge in [-0.2, -0.15) is 0 Å². The highest BCUT2D eigenvalue weighted by molar-refractivity contribution is 5.84. The molecule has 0 saturated carbocycles. The van der Waals surface area contributed by atoms with Crippen LogP contribution in [0, 0.1) is 11.8 Å². The molecule has 156 valence electrons. The van der Waals surface area contributed by atoms with E-state index >= 15 is 0 Å². The van der Waals surface area contributed by atoms with Crippen LogP contribution in [0.2, 0.25) is 0 Å². The average Bonchev–Trinajstić information content (AvgIpc) is 3.34. The second kappa shape index (κ2) is 8.10. The maximum atomic E-state index is 6.10. The van der Waals surface area contributed by atoms with Crippen molar-refractivity contribution in [1.82, 2.24) is 19.9 Å². The van der Waals surface area contributed by atoms with E-state index < -0.39 is 0 Å². The molecule has 0 aliphatic carbocycles. The Morgan fingerprint density at radius 1 is 0.788 bits per heavy atom. The Bertz CT molecular complexity index is 1690. The summed E-state index contributed by atoms with van der Waals surface area (Å²) in [6.07, 6.45) is 3.63. The molecule has 3 aromatic carbocycles. The molecule has 0 aliphatic rings. The van der Waals surface area contributed by atoms with Gasteiger partial charge in [0, 0.05) is 23.5 Å². The molecule has 5 nitrogen and oxygen atoms in total. The van der Waals surface area contributed by atoms with Crippen LogP contribution in [0.15, 0.2) is 91.3 Å². The number of ether oxygens (including phenoxy) is 1. The lowest BCUT2D eigenvalue weighted by Crippen LogP contribution is -2.02. The van der Waals surface area contributed by atoms with Crippen molar-refractivity contribution in [3.63, 3.8) is 0 Å². The lowest BCUT2D eigenvalue weighted by atomic mass is 10.1. The van der Waals surface area contributed by atoms with Crippen molar-refractivity contribution in [3.8, 4) is 17.7 Å². The minimum Gasteiger partial charge on any atom is -0.471 e. The summed E-state index contributed by atoms with van der Waals surface area (Å²) in [5, 5.41) is 3.47. The summed E-state index contributed by atoms with van der Waals surface area (Å²) in [6, 6.07) is 26.3. The number of nitrogens with zero attached hydrogens (tertiary/aromatic N) is 3. The lowest BCUT2D eigenvalue weighted by molar-refractivity contribution is 0.293. The van der Waals surface area contributed by atoms with Crippen LogP contribution < -0.4 is 4.74 Å². The monoisotopic (exact) mass is 426 g/mol. The van der Waals surface area contributed by atoms with E-state index in [4.69, 9.17) is 4.74 Å². The van der Waals surface area contributed by atoms with Crippen LogP contribution in [0.4, 0.5) is 0 Å². The van der Waals surface area contributed by atoms with Gasteiger partial charge in [-0.1, -0.05) is 42.3 Å². The topological polar surface area (TPSA) is 63.7 Å². The van der Waals surface area contributed by atoms with Gasteiger partial charge in [0.25, 0.3) is 0 Å². The zero-order chi connectivity index (χ0) is 22.0. The van der Waals surface area contributed by atoms with Gasteiger partial charge in [0.05, 0.1) is 0 Å². The predicted octanol–water partition coefficient (Wildman–Crippen LogP) is 5.64. The molecule has 0 unspecified atom stereocenters. The standard InChI is InChI=1S/C28H18N4O/c1-2-5-22-16-19(7-10-21(22)4-1)8-12-26-28(32-25-6-3-14-30-27(25)31-26)33-18-20-9-11-24-23(17-20)13-15-29-24/h1-7,9-11,13-17,29H,18H2. The van der Waals surface area contributed by atoms with E-state index in [1.807, 2.05) is 54.7 Å². The molecule has 0 spiro atoms. The first-order valence-electron chi connectivity index (χ1n) is 10.6. The average molecular weight is 426 g/mol. The summed E-state index contributed by atoms with van der Waals surface area (Å²) in [6.45, 7) is 0.367. The summed E-state index contributed by atoms with van der Waals surface area (Å²) in [5.41, 5.74) is 4.73. The van der Waals surface area contributed by atoms with Crippen LogP contribution in [0.25, 0.3) is 32.8 Å². The first-order valence-corrected chi connectivity index (χ1v) is 10.6. The Balaban J connectivity index is 1.36. The van der Waals surface area contributed by atoms with E-state index in [2.05, 4.69) is 62.1 Å². The molecule has 1 N–H and O–H groups in total. The Hall–Kier alpha value is -4.69. The lowest BCUT2D eigenvalue weighted by Gasteiger charge is -2.08. The van der Waals surface area contributed by atoms with E-state index in [1.165, 1.54) is 5.39 Å². The molecule has 3 heterocycles. The molecule has 6 rings (SSSR count). The summed E-state index contributed by atoms with van der Waals surface area (Å²) in [7, 11) is 0. The van der Waals surface area contributed by atoms with Gasteiger partial charge in [-0.05, 0) is 70.1 Å². The molecule has 5 heteroatoms. The number of hydrogen-bond acceptors (Lipinski definition) is 4. The van der Waals surface area contributed by atoms with Gasteiger partial charge in [-0.15, -0.1) is 0 Å². The van der Waals surface area contributed by atoms with Gasteiger partial charge in [0.2, 0.25) is 5.88 Å². The maximum absolute atomic E-state index is 6.10. The predicted molar refractivity (Wildman–Crippen MR) is 130 cm³/mol. The van der Waals surface area contributed by atoms with Crippen LogP contribution in [0.3, 0.4) is 0 Å². The van der Waals surface area contributed by atoms with Crippen LogP contribution in [0.5, 0.6) is 5.88 Å². The minimum absolute atomic E-state index is 0.367. The third-order valence-corrected chi connectivity index (χ3v) is 5.48. The fourth-order valence-corrected chi connectivity index (χ4v) is 3.80. The van der Waals surface area contributed by atoms with Crippen LogP contribution in [-0.4, -0.2) is 19.9 Å². The third-order valence-electron chi connectivity index (χ3n) is 5.48. The van der Waals surface area contributed by atoms with Crippen molar-refractivity contribution >= 4 is 32.8 Å². The molecular formula is C28H18N4O. The summed E-state index contributed by atoms with van der Waals surface area (Å²) in [5.74, 6) is 6.77. The molecule has 0 saturated heterocycles. The second-order valence-electron chi connectivity index (χ2n) is 7.72. The van der Waals surface area contributed by atoms with Gasteiger partial charge in [-0.3, -0.25) is 0 Å².